The average molecular weight is 469 g/mol. The zero-order chi connectivity index (χ0) is 24.6. The van der Waals surface area contributed by atoms with Gasteiger partial charge in [-0.25, -0.2) is 9.78 Å². The second kappa shape index (κ2) is 15.7. The van der Waals surface area contributed by atoms with Crippen LogP contribution in [0.25, 0.3) is 0 Å². The molecule has 0 aliphatic carbocycles. The Labute approximate surface area is 192 Å². The molecule has 0 aliphatic heterocycles. The molecule has 0 radical (unpaired) electrons. The van der Waals surface area contributed by atoms with Crippen LogP contribution in [0.4, 0.5) is 0 Å². The van der Waals surface area contributed by atoms with E-state index in [0.29, 0.717) is 44.5 Å². The van der Waals surface area contributed by atoms with E-state index < -0.39 is 41.8 Å². The van der Waals surface area contributed by atoms with Gasteiger partial charge in [0.05, 0.1) is 18.9 Å². The summed E-state index contributed by atoms with van der Waals surface area (Å²) in [6.45, 7) is 0.466. The number of carboxylic acids is 1. The number of carboxylic acid groups (broad SMARTS) is 1. The second-order valence-electron chi connectivity index (χ2n) is 7.69. The number of amides is 3. The first-order valence-electron chi connectivity index (χ1n) is 11.0. The van der Waals surface area contributed by atoms with Gasteiger partial charge >= 0.3 is 5.97 Å². The molecule has 3 atom stereocenters. The SMILES string of the molecule is NCCCCC(NC(=O)C(CCCCN)NC(=O)CNC(=O)C(N)Cc1cnc[nH]1)C(=O)O. The molecule has 0 bridgehead atoms. The van der Waals surface area contributed by atoms with E-state index in [1.165, 1.54) is 6.33 Å². The Bertz CT molecular complexity index is 743. The van der Waals surface area contributed by atoms with Crippen molar-refractivity contribution in [2.24, 2.45) is 17.2 Å². The highest BCUT2D eigenvalue weighted by Gasteiger charge is 2.26. The minimum Gasteiger partial charge on any atom is -0.480 e. The third-order valence-corrected chi connectivity index (χ3v) is 4.91. The maximum Gasteiger partial charge on any atom is 0.326 e. The molecule has 0 spiro atoms. The van der Waals surface area contributed by atoms with Crippen LogP contribution in [0.3, 0.4) is 0 Å². The smallest absolute Gasteiger partial charge is 0.326 e. The van der Waals surface area contributed by atoms with Gasteiger partial charge in [0, 0.05) is 18.3 Å². The number of rotatable bonds is 17. The van der Waals surface area contributed by atoms with E-state index in [-0.39, 0.29) is 25.8 Å². The Hall–Kier alpha value is -3.03. The van der Waals surface area contributed by atoms with E-state index in [1.54, 1.807) is 6.20 Å². The Balaban J connectivity index is 2.61. The topological polar surface area (TPSA) is 231 Å². The lowest BCUT2D eigenvalue weighted by Gasteiger charge is -2.22. The molecule has 1 heterocycles. The third kappa shape index (κ3) is 11.4. The molecule has 0 aliphatic rings. The van der Waals surface area contributed by atoms with Crippen molar-refractivity contribution in [1.29, 1.82) is 0 Å². The fourth-order valence-electron chi connectivity index (χ4n) is 3.05. The predicted molar refractivity (Wildman–Crippen MR) is 121 cm³/mol. The van der Waals surface area contributed by atoms with Gasteiger partial charge in [0.1, 0.15) is 12.1 Å². The first-order valence-corrected chi connectivity index (χ1v) is 11.0. The number of unbranched alkanes of at least 4 members (excludes halogenated alkanes) is 2. The lowest BCUT2D eigenvalue weighted by molar-refractivity contribution is -0.142. The van der Waals surface area contributed by atoms with Gasteiger partial charge in [-0.15, -0.1) is 0 Å². The van der Waals surface area contributed by atoms with Crippen LogP contribution in [0, 0.1) is 0 Å². The van der Waals surface area contributed by atoms with Gasteiger partial charge in [-0.3, -0.25) is 14.4 Å². The normalized spacial score (nSPS) is 13.5. The largest absolute Gasteiger partial charge is 0.480 e. The number of nitrogens with zero attached hydrogens (tertiary/aromatic N) is 1. The number of imidazole rings is 1. The van der Waals surface area contributed by atoms with E-state index >= 15 is 0 Å². The Morgan fingerprint density at radius 2 is 1.61 bits per heavy atom. The van der Waals surface area contributed by atoms with E-state index in [4.69, 9.17) is 17.2 Å². The molecule has 0 fully saturated rings. The summed E-state index contributed by atoms with van der Waals surface area (Å²) in [5, 5.41) is 16.8. The van der Waals surface area contributed by atoms with E-state index in [9.17, 15) is 24.3 Å². The van der Waals surface area contributed by atoms with Crippen LogP contribution in [0.15, 0.2) is 12.5 Å². The van der Waals surface area contributed by atoms with Crippen molar-refractivity contribution in [2.45, 2.75) is 63.1 Å². The van der Waals surface area contributed by atoms with Crippen molar-refractivity contribution in [1.82, 2.24) is 25.9 Å². The summed E-state index contributed by atoms with van der Waals surface area (Å²) < 4.78 is 0. The molecular weight excluding hydrogens is 432 g/mol. The van der Waals surface area contributed by atoms with Crippen LogP contribution in [0.5, 0.6) is 0 Å². The third-order valence-electron chi connectivity index (χ3n) is 4.91. The number of aromatic amines is 1. The molecule has 0 saturated heterocycles. The van der Waals surface area contributed by atoms with Crippen LogP contribution in [-0.4, -0.2) is 76.5 Å². The summed E-state index contributed by atoms with van der Waals surface area (Å²) in [4.78, 5) is 55.3. The molecule has 3 unspecified atom stereocenters. The lowest BCUT2D eigenvalue weighted by Crippen LogP contribution is -2.53. The Kier molecular flexibility index (Phi) is 13.3. The molecule has 13 nitrogen and oxygen atoms in total. The van der Waals surface area contributed by atoms with Gasteiger partial charge in [0.2, 0.25) is 17.7 Å². The number of hydrogen-bond acceptors (Lipinski definition) is 8. The minimum atomic E-state index is -1.16. The fourth-order valence-corrected chi connectivity index (χ4v) is 3.05. The number of H-pyrrole nitrogens is 1. The molecule has 0 saturated carbocycles. The molecule has 186 valence electrons. The first-order chi connectivity index (χ1) is 15.8. The van der Waals surface area contributed by atoms with Gasteiger partial charge in [0.25, 0.3) is 0 Å². The molecule has 1 aromatic rings. The van der Waals surface area contributed by atoms with Crippen molar-refractivity contribution in [3.05, 3.63) is 18.2 Å². The zero-order valence-electron chi connectivity index (χ0n) is 18.7. The molecule has 3 amide bonds. The van der Waals surface area contributed by atoms with Crippen molar-refractivity contribution < 1.29 is 24.3 Å². The van der Waals surface area contributed by atoms with E-state index in [1.807, 2.05) is 0 Å². The highest BCUT2D eigenvalue weighted by molar-refractivity contribution is 5.92. The van der Waals surface area contributed by atoms with Crippen molar-refractivity contribution in [2.75, 3.05) is 19.6 Å². The van der Waals surface area contributed by atoms with Crippen LogP contribution in [-0.2, 0) is 25.6 Å². The zero-order valence-corrected chi connectivity index (χ0v) is 18.7. The summed E-state index contributed by atoms with van der Waals surface area (Å²) in [6, 6.07) is -2.93. The quantitative estimate of drug-likeness (QED) is 0.115. The van der Waals surface area contributed by atoms with Gasteiger partial charge in [-0.2, -0.15) is 0 Å². The number of aliphatic carboxylic acids is 1. The summed E-state index contributed by atoms with van der Waals surface area (Å²) >= 11 is 0. The summed E-state index contributed by atoms with van der Waals surface area (Å²) in [5.74, 6) is -2.90. The number of nitrogens with one attached hydrogen (secondary N) is 4. The van der Waals surface area contributed by atoms with E-state index in [2.05, 4.69) is 25.9 Å². The summed E-state index contributed by atoms with van der Waals surface area (Å²) in [7, 11) is 0. The van der Waals surface area contributed by atoms with Gasteiger partial charge < -0.3 is 43.2 Å². The predicted octanol–water partition coefficient (Wildman–Crippen LogP) is -2.29. The number of carbonyl (C=O) groups excluding carboxylic acids is 3. The number of carbonyl (C=O) groups is 4. The monoisotopic (exact) mass is 468 g/mol. The van der Waals surface area contributed by atoms with Crippen LogP contribution < -0.4 is 33.2 Å². The Morgan fingerprint density at radius 3 is 2.15 bits per heavy atom. The Morgan fingerprint density at radius 1 is 0.970 bits per heavy atom. The van der Waals surface area contributed by atoms with Crippen LogP contribution >= 0.6 is 0 Å². The number of nitrogens with two attached hydrogens (primary N) is 3. The van der Waals surface area contributed by atoms with Crippen molar-refractivity contribution in [3.8, 4) is 0 Å². The maximum atomic E-state index is 12.7. The summed E-state index contributed by atoms with van der Waals surface area (Å²) in [6.07, 6.45) is 6.11. The van der Waals surface area contributed by atoms with E-state index in [0.717, 1.165) is 0 Å². The van der Waals surface area contributed by atoms with Crippen molar-refractivity contribution >= 4 is 23.7 Å². The molecule has 11 N–H and O–H groups in total. The molecule has 13 heteroatoms. The molecule has 1 rings (SSSR count). The lowest BCUT2D eigenvalue weighted by atomic mass is 10.1. The molecule has 1 aromatic heterocycles. The van der Waals surface area contributed by atoms with Gasteiger partial charge in [-0.05, 0) is 51.6 Å². The number of aromatic nitrogens is 2. The average Bonchev–Trinajstić information content (AvgIpc) is 3.29. The highest BCUT2D eigenvalue weighted by Crippen LogP contribution is 2.05. The highest BCUT2D eigenvalue weighted by atomic mass is 16.4. The van der Waals surface area contributed by atoms with Gasteiger partial charge in [0.15, 0.2) is 0 Å². The van der Waals surface area contributed by atoms with Crippen LogP contribution in [0.1, 0.15) is 44.2 Å². The van der Waals surface area contributed by atoms with Crippen LogP contribution in [0.2, 0.25) is 0 Å². The summed E-state index contributed by atoms with van der Waals surface area (Å²) in [5.41, 5.74) is 17.4. The van der Waals surface area contributed by atoms with Gasteiger partial charge in [-0.1, -0.05) is 0 Å². The molecular formula is C20H36N8O5. The second-order valence-corrected chi connectivity index (χ2v) is 7.69. The standard InChI is InChI=1S/C20H36N8O5/c21-7-3-1-5-15(19(31)28-16(20(32)33)6-2-4-8-22)27-17(29)11-25-18(30)14(23)9-13-10-24-12-26-13/h10,12,14-16H,1-9,11,21-23H2,(H,24,26)(H,25,30)(H,27,29)(H,28,31)(H,32,33). The minimum absolute atomic E-state index is 0.221. The molecule has 33 heavy (non-hydrogen) atoms. The maximum absolute atomic E-state index is 12.7. The number of hydrogen-bond donors (Lipinski definition) is 8. The first kappa shape index (κ1) is 28.0. The molecule has 0 aromatic carbocycles. The van der Waals surface area contributed by atoms with Crippen molar-refractivity contribution in [3.63, 3.8) is 0 Å². The fraction of sp³-hybridized carbons (Fsp3) is 0.650.